The lowest BCUT2D eigenvalue weighted by Gasteiger charge is -2.19. The standard InChI is InChI=1S/C17H12FN3O5/c18-14-10-12(6-7-15(14)21(24)25)17(23)26-11-16(22)20(9-8-19)13-4-2-1-3-5-13/h1-7,10H,9,11H2. The molecular formula is C17H12FN3O5. The van der Waals surface area contributed by atoms with E-state index in [1.165, 1.54) is 0 Å². The second-order valence-electron chi connectivity index (χ2n) is 4.97. The number of ether oxygens (including phenoxy) is 1. The lowest BCUT2D eigenvalue weighted by atomic mass is 10.2. The second-order valence-corrected chi connectivity index (χ2v) is 4.97. The van der Waals surface area contributed by atoms with Gasteiger partial charge in [0, 0.05) is 11.8 Å². The van der Waals surface area contributed by atoms with Crippen LogP contribution >= 0.6 is 0 Å². The summed E-state index contributed by atoms with van der Waals surface area (Å²) in [6, 6.07) is 12.7. The Hall–Kier alpha value is -3.80. The summed E-state index contributed by atoms with van der Waals surface area (Å²) < 4.78 is 18.4. The number of amides is 1. The molecule has 2 aromatic carbocycles. The number of rotatable bonds is 6. The third kappa shape index (κ3) is 4.39. The molecule has 0 aliphatic carbocycles. The van der Waals surface area contributed by atoms with Crippen molar-refractivity contribution in [1.82, 2.24) is 0 Å². The highest BCUT2D eigenvalue weighted by atomic mass is 19.1. The minimum Gasteiger partial charge on any atom is -0.452 e. The normalized spacial score (nSPS) is 9.85. The molecule has 0 unspecified atom stereocenters. The molecule has 0 bridgehead atoms. The predicted molar refractivity (Wildman–Crippen MR) is 87.7 cm³/mol. The van der Waals surface area contributed by atoms with Crippen LogP contribution in [0.5, 0.6) is 0 Å². The Morgan fingerprint density at radius 1 is 1.23 bits per heavy atom. The van der Waals surface area contributed by atoms with Crippen molar-refractivity contribution in [3.63, 3.8) is 0 Å². The first kappa shape index (κ1) is 18.5. The monoisotopic (exact) mass is 357 g/mol. The summed E-state index contributed by atoms with van der Waals surface area (Å²) in [5.41, 5.74) is -0.592. The molecule has 0 atom stereocenters. The molecule has 8 nitrogen and oxygen atoms in total. The van der Waals surface area contributed by atoms with E-state index in [4.69, 9.17) is 10.00 Å². The molecular weight excluding hydrogens is 345 g/mol. The van der Waals surface area contributed by atoms with Crippen molar-refractivity contribution in [2.24, 2.45) is 0 Å². The Bertz CT molecular complexity index is 880. The Morgan fingerprint density at radius 3 is 2.50 bits per heavy atom. The first-order valence-corrected chi connectivity index (χ1v) is 7.27. The summed E-state index contributed by atoms with van der Waals surface area (Å²) in [4.78, 5) is 34.9. The zero-order valence-electron chi connectivity index (χ0n) is 13.3. The smallest absolute Gasteiger partial charge is 0.338 e. The SMILES string of the molecule is N#CCN(C(=O)COC(=O)c1ccc([N+](=O)[O-])c(F)c1)c1ccccc1. The van der Waals surface area contributed by atoms with Crippen molar-refractivity contribution in [2.75, 3.05) is 18.1 Å². The highest BCUT2D eigenvalue weighted by Gasteiger charge is 2.20. The molecule has 132 valence electrons. The van der Waals surface area contributed by atoms with Gasteiger partial charge in [0.1, 0.15) is 6.54 Å². The molecule has 0 saturated carbocycles. The third-order valence-electron chi connectivity index (χ3n) is 3.30. The summed E-state index contributed by atoms with van der Waals surface area (Å²) in [6.45, 7) is -0.916. The molecule has 26 heavy (non-hydrogen) atoms. The number of esters is 1. The van der Waals surface area contributed by atoms with Crippen molar-refractivity contribution in [3.8, 4) is 6.07 Å². The number of hydrogen-bond acceptors (Lipinski definition) is 6. The van der Waals surface area contributed by atoms with Crippen LogP contribution in [0.2, 0.25) is 0 Å². The second kappa shape index (κ2) is 8.34. The number of benzene rings is 2. The van der Waals surface area contributed by atoms with Crippen LogP contribution in [-0.4, -0.2) is 30.0 Å². The quantitative estimate of drug-likeness (QED) is 0.339. The van der Waals surface area contributed by atoms with Crippen molar-refractivity contribution < 1.29 is 23.6 Å². The molecule has 0 radical (unpaired) electrons. The zero-order valence-corrected chi connectivity index (χ0v) is 13.3. The Balaban J connectivity index is 2.06. The van der Waals surface area contributed by atoms with Crippen molar-refractivity contribution >= 4 is 23.3 Å². The van der Waals surface area contributed by atoms with Gasteiger partial charge in [0.15, 0.2) is 6.61 Å². The number of nitriles is 1. The summed E-state index contributed by atoms with van der Waals surface area (Å²) in [5.74, 6) is -2.85. The Kier molecular flexibility index (Phi) is 5.95. The number of nitrogens with zero attached hydrogens (tertiary/aromatic N) is 3. The van der Waals surface area contributed by atoms with Gasteiger partial charge in [0.05, 0.1) is 16.6 Å². The number of hydrogen-bond donors (Lipinski definition) is 0. The Morgan fingerprint density at radius 2 is 1.92 bits per heavy atom. The van der Waals surface area contributed by atoms with Gasteiger partial charge >= 0.3 is 11.7 Å². The lowest BCUT2D eigenvalue weighted by molar-refractivity contribution is -0.387. The van der Waals surface area contributed by atoms with Crippen LogP contribution in [-0.2, 0) is 9.53 Å². The van der Waals surface area contributed by atoms with Crippen LogP contribution in [0.1, 0.15) is 10.4 Å². The maximum atomic E-state index is 13.5. The molecule has 0 saturated heterocycles. The lowest BCUT2D eigenvalue weighted by Crippen LogP contribution is -2.35. The van der Waals surface area contributed by atoms with E-state index in [0.29, 0.717) is 11.8 Å². The third-order valence-corrected chi connectivity index (χ3v) is 3.30. The minimum atomic E-state index is -1.19. The van der Waals surface area contributed by atoms with Gasteiger partial charge in [-0.1, -0.05) is 18.2 Å². The molecule has 0 N–H and O–H groups in total. The van der Waals surface area contributed by atoms with Gasteiger partial charge in [0.25, 0.3) is 5.91 Å². The molecule has 0 aromatic heterocycles. The molecule has 9 heteroatoms. The minimum absolute atomic E-state index is 0.243. The van der Waals surface area contributed by atoms with Crippen molar-refractivity contribution in [2.45, 2.75) is 0 Å². The zero-order chi connectivity index (χ0) is 19.1. The van der Waals surface area contributed by atoms with Gasteiger partial charge in [-0.05, 0) is 24.3 Å². The van der Waals surface area contributed by atoms with E-state index >= 15 is 0 Å². The van der Waals surface area contributed by atoms with E-state index in [-0.39, 0.29) is 12.1 Å². The number of para-hydroxylation sites is 1. The van der Waals surface area contributed by atoms with E-state index in [2.05, 4.69) is 0 Å². The van der Waals surface area contributed by atoms with E-state index in [1.807, 2.05) is 6.07 Å². The largest absolute Gasteiger partial charge is 0.452 e. The van der Waals surface area contributed by atoms with Gasteiger partial charge in [-0.15, -0.1) is 0 Å². The number of nitro benzene ring substituents is 1. The fraction of sp³-hybridized carbons (Fsp3) is 0.118. The average Bonchev–Trinajstić information content (AvgIpc) is 2.64. The topological polar surface area (TPSA) is 114 Å². The van der Waals surface area contributed by atoms with Gasteiger partial charge in [-0.25, -0.2) is 4.79 Å². The maximum Gasteiger partial charge on any atom is 0.338 e. The van der Waals surface area contributed by atoms with Gasteiger partial charge in [-0.3, -0.25) is 19.8 Å². The highest BCUT2D eigenvalue weighted by molar-refractivity contribution is 5.97. The molecule has 0 heterocycles. The van der Waals surface area contributed by atoms with Crippen molar-refractivity contribution in [3.05, 3.63) is 70.0 Å². The maximum absolute atomic E-state index is 13.5. The summed E-state index contributed by atoms with van der Waals surface area (Å²) in [5, 5.41) is 19.4. The molecule has 0 fully saturated rings. The highest BCUT2D eigenvalue weighted by Crippen LogP contribution is 2.19. The fourth-order valence-corrected chi connectivity index (χ4v) is 2.07. The first-order chi connectivity index (χ1) is 12.4. The van der Waals surface area contributed by atoms with E-state index in [0.717, 1.165) is 17.0 Å². The molecule has 0 aliphatic heterocycles. The number of halogens is 1. The number of anilines is 1. The van der Waals surface area contributed by atoms with Gasteiger partial charge in [0.2, 0.25) is 5.82 Å². The average molecular weight is 357 g/mol. The van der Waals surface area contributed by atoms with Gasteiger partial charge in [-0.2, -0.15) is 9.65 Å². The first-order valence-electron chi connectivity index (χ1n) is 7.27. The van der Waals surface area contributed by atoms with Crippen molar-refractivity contribution in [1.29, 1.82) is 5.26 Å². The van der Waals surface area contributed by atoms with E-state index < -0.39 is 34.9 Å². The summed E-state index contributed by atoms with van der Waals surface area (Å²) in [7, 11) is 0. The van der Waals surface area contributed by atoms with Crippen LogP contribution in [0.4, 0.5) is 15.8 Å². The number of carbonyl (C=O) groups excluding carboxylic acids is 2. The van der Waals surface area contributed by atoms with Crippen LogP contribution in [0.15, 0.2) is 48.5 Å². The van der Waals surface area contributed by atoms with Crippen LogP contribution < -0.4 is 4.90 Å². The molecule has 2 rings (SSSR count). The van der Waals surface area contributed by atoms with Crippen LogP contribution in [0, 0.1) is 27.3 Å². The summed E-state index contributed by atoms with van der Waals surface area (Å²) in [6.07, 6.45) is 0. The molecule has 1 amide bonds. The predicted octanol–water partition coefficient (Wildman–Crippen LogP) is 2.45. The van der Waals surface area contributed by atoms with Gasteiger partial charge < -0.3 is 4.74 Å². The van der Waals surface area contributed by atoms with E-state index in [9.17, 15) is 24.1 Å². The summed E-state index contributed by atoms with van der Waals surface area (Å²) >= 11 is 0. The Labute approximate surface area is 147 Å². The van der Waals surface area contributed by atoms with E-state index in [1.54, 1.807) is 30.3 Å². The van der Waals surface area contributed by atoms with Crippen LogP contribution in [0.25, 0.3) is 0 Å². The number of carbonyl (C=O) groups is 2. The number of nitro groups is 1. The molecule has 0 aliphatic rings. The fourth-order valence-electron chi connectivity index (χ4n) is 2.07. The molecule has 2 aromatic rings. The van der Waals surface area contributed by atoms with Crippen LogP contribution in [0.3, 0.4) is 0 Å². The molecule has 0 spiro atoms.